The zero-order valence-electron chi connectivity index (χ0n) is 22.2. The van der Waals surface area contributed by atoms with Gasteiger partial charge < -0.3 is 24.8 Å². The molecule has 3 aromatic rings. The van der Waals surface area contributed by atoms with Gasteiger partial charge in [-0.25, -0.2) is 4.39 Å². The summed E-state index contributed by atoms with van der Waals surface area (Å²) < 4.78 is 29.0. The molecule has 0 saturated carbocycles. The summed E-state index contributed by atoms with van der Waals surface area (Å²) in [5.41, 5.74) is 1.36. The Morgan fingerprint density at radius 3 is 2.40 bits per heavy atom. The van der Waals surface area contributed by atoms with Gasteiger partial charge in [0.05, 0.1) is 19.8 Å². The van der Waals surface area contributed by atoms with Crippen molar-refractivity contribution < 1.29 is 33.0 Å². The van der Waals surface area contributed by atoms with Crippen LogP contribution in [0.3, 0.4) is 0 Å². The van der Waals surface area contributed by atoms with Crippen molar-refractivity contribution in [2.75, 3.05) is 45.1 Å². The molecule has 0 unspecified atom stereocenters. The van der Waals surface area contributed by atoms with E-state index in [0.29, 0.717) is 46.4 Å². The van der Waals surface area contributed by atoms with Crippen molar-refractivity contribution in [2.45, 2.75) is 11.3 Å². The number of imide groups is 1. The molecule has 40 heavy (non-hydrogen) atoms. The third-order valence-corrected chi connectivity index (χ3v) is 7.01. The number of methoxy groups -OCH3 is 3. The molecule has 4 rings (SSSR count). The monoisotopic (exact) mass is 565 g/mol. The van der Waals surface area contributed by atoms with E-state index in [-0.39, 0.29) is 17.1 Å². The lowest BCUT2D eigenvalue weighted by molar-refractivity contribution is -0.137. The predicted octanol–water partition coefficient (Wildman–Crippen LogP) is 4.92. The van der Waals surface area contributed by atoms with Gasteiger partial charge in [-0.15, -0.1) is 0 Å². The highest BCUT2D eigenvalue weighted by atomic mass is 32.2. The molecule has 3 amide bonds. The summed E-state index contributed by atoms with van der Waals surface area (Å²) in [6.45, 7) is 0.574. The molecule has 0 fully saturated rings. The van der Waals surface area contributed by atoms with Gasteiger partial charge in [-0.05, 0) is 61.0 Å². The first kappa shape index (κ1) is 28.7. The maximum atomic E-state index is 13.4. The van der Waals surface area contributed by atoms with Crippen molar-refractivity contribution in [3.8, 4) is 11.5 Å². The van der Waals surface area contributed by atoms with E-state index in [1.165, 1.54) is 38.5 Å². The SMILES string of the molecule is COCCCN1C(=O)C(Nc2ccc(F)cc2)=C(Sc2cccc(NC(=O)c3ccc(OC)cc3OC)c2)C1=O. The fraction of sp³-hybridized carbons (Fsp3) is 0.207. The van der Waals surface area contributed by atoms with Gasteiger partial charge in [0.2, 0.25) is 0 Å². The standard InChI is InChI=1S/C29H28FN3O6S/c1-37-15-5-14-33-28(35)25(31-19-10-8-18(30)9-11-19)26(29(33)36)40-22-7-4-6-20(16-22)32-27(34)23-13-12-21(38-2)17-24(23)39-3/h4,6-13,16-17,31H,5,14-15H2,1-3H3,(H,32,34). The highest BCUT2D eigenvalue weighted by Crippen LogP contribution is 2.37. The Hall–Kier alpha value is -4.35. The zero-order valence-corrected chi connectivity index (χ0v) is 23.0. The number of halogens is 1. The minimum Gasteiger partial charge on any atom is -0.497 e. The lowest BCUT2D eigenvalue weighted by Crippen LogP contribution is -2.33. The minimum absolute atomic E-state index is 0.0939. The van der Waals surface area contributed by atoms with Gasteiger partial charge in [-0.3, -0.25) is 19.3 Å². The summed E-state index contributed by atoms with van der Waals surface area (Å²) >= 11 is 1.09. The second-order valence-electron chi connectivity index (χ2n) is 8.59. The van der Waals surface area contributed by atoms with Crippen molar-refractivity contribution in [2.24, 2.45) is 0 Å². The van der Waals surface area contributed by atoms with Crippen LogP contribution >= 0.6 is 11.8 Å². The van der Waals surface area contributed by atoms with Crippen LogP contribution in [-0.4, -0.2) is 57.1 Å². The molecule has 0 atom stereocenters. The maximum absolute atomic E-state index is 13.4. The Kier molecular flexibility index (Phi) is 9.41. The molecule has 11 heteroatoms. The molecule has 0 bridgehead atoms. The number of nitrogens with zero attached hydrogens (tertiary/aromatic N) is 1. The second-order valence-corrected chi connectivity index (χ2v) is 9.68. The van der Waals surface area contributed by atoms with Crippen LogP contribution in [0.15, 0.2) is 82.2 Å². The Morgan fingerprint density at radius 1 is 0.925 bits per heavy atom. The zero-order chi connectivity index (χ0) is 28.6. The van der Waals surface area contributed by atoms with E-state index in [9.17, 15) is 18.8 Å². The van der Waals surface area contributed by atoms with Crippen molar-refractivity contribution in [1.82, 2.24) is 4.90 Å². The molecule has 1 aliphatic heterocycles. The van der Waals surface area contributed by atoms with E-state index < -0.39 is 23.5 Å². The number of hydrogen-bond acceptors (Lipinski definition) is 8. The van der Waals surface area contributed by atoms with Crippen LogP contribution in [0, 0.1) is 5.82 Å². The van der Waals surface area contributed by atoms with Gasteiger partial charge in [0.15, 0.2) is 0 Å². The molecule has 0 aromatic heterocycles. The summed E-state index contributed by atoms with van der Waals surface area (Å²) in [6.07, 6.45) is 0.478. The molecule has 208 valence electrons. The van der Waals surface area contributed by atoms with Gasteiger partial charge >= 0.3 is 0 Å². The van der Waals surface area contributed by atoms with Crippen molar-refractivity contribution in [1.29, 1.82) is 0 Å². The topological polar surface area (TPSA) is 106 Å². The average Bonchev–Trinajstić information content (AvgIpc) is 3.17. The van der Waals surface area contributed by atoms with Gasteiger partial charge in [-0.1, -0.05) is 17.8 Å². The lowest BCUT2D eigenvalue weighted by atomic mass is 10.1. The van der Waals surface area contributed by atoms with Gasteiger partial charge in [0.1, 0.15) is 27.9 Å². The predicted molar refractivity (Wildman–Crippen MR) is 150 cm³/mol. The van der Waals surface area contributed by atoms with Gasteiger partial charge in [0.25, 0.3) is 17.7 Å². The molecule has 0 radical (unpaired) electrons. The second kappa shape index (κ2) is 13.1. The van der Waals surface area contributed by atoms with Crippen molar-refractivity contribution in [3.63, 3.8) is 0 Å². The fourth-order valence-corrected chi connectivity index (χ4v) is 4.95. The van der Waals surface area contributed by atoms with Crippen LogP contribution in [0.5, 0.6) is 11.5 Å². The molecule has 9 nitrogen and oxygen atoms in total. The van der Waals surface area contributed by atoms with Crippen LogP contribution in [0.1, 0.15) is 16.8 Å². The minimum atomic E-state index is -0.482. The third-order valence-electron chi connectivity index (χ3n) is 5.93. The fourth-order valence-electron chi connectivity index (χ4n) is 3.95. The molecular weight excluding hydrogens is 537 g/mol. The Labute approximate surface area is 235 Å². The molecule has 0 aliphatic carbocycles. The quantitative estimate of drug-likeness (QED) is 0.236. The number of rotatable bonds is 12. The van der Waals surface area contributed by atoms with Crippen LogP contribution in [-0.2, 0) is 14.3 Å². The summed E-state index contributed by atoms with van der Waals surface area (Å²) in [7, 11) is 4.53. The largest absolute Gasteiger partial charge is 0.497 e. The van der Waals surface area contributed by atoms with E-state index in [1.807, 2.05) is 0 Å². The summed E-state index contributed by atoms with van der Waals surface area (Å²) in [6, 6.07) is 17.3. The maximum Gasteiger partial charge on any atom is 0.278 e. The Bertz CT molecular complexity index is 1440. The number of carbonyl (C=O) groups excluding carboxylic acids is 3. The van der Waals surface area contributed by atoms with Crippen LogP contribution in [0.25, 0.3) is 0 Å². The molecule has 3 aromatic carbocycles. The summed E-state index contributed by atoms with van der Waals surface area (Å²) in [5.74, 6) is -0.840. The smallest absolute Gasteiger partial charge is 0.278 e. The van der Waals surface area contributed by atoms with E-state index in [0.717, 1.165) is 16.7 Å². The molecule has 1 aliphatic rings. The highest BCUT2D eigenvalue weighted by molar-refractivity contribution is 8.04. The molecule has 2 N–H and O–H groups in total. The van der Waals surface area contributed by atoms with Gasteiger partial charge in [-0.2, -0.15) is 0 Å². The molecule has 1 heterocycles. The van der Waals surface area contributed by atoms with E-state index in [2.05, 4.69) is 10.6 Å². The summed E-state index contributed by atoms with van der Waals surface area (Å²) in [5, 5.41) is 5.82. The first-order chi connectivity index (χ1) is 19.3. The normalized spacial score (nSPS) is 13.1. The van der Waals surface area contributed by atoms with E-state index in [1.54, 1.807) is 49.6 Å². The summed E-state index contributed by atoms with van der Waals surface area (Å²) in [4.78, 5) is 41.5. The lowest BCUT2D eigenvalue weighted by Gasteiger charge is -2.14. The first-order valence-corrected chi connectivity index (χ1v) is 13.1. The number of amides is 3. The third kappa shape index (κ3) is 6.61. The number of nitrogens with one attached hydrogen (secondary N) is 2. The van der Waals surface area contributed by atoms with E-state index >= 15 is 0 Å². The van der Waals surface area contributed by atoms with Crippen LogP contribution in [0.4, 0.5) is 15.8 Å². The molecule has 0 saturated heterocycles. The number of carbonyl (C=O) groups is 3. The average molecular weight is 566 g/mol. The Balaban J connectivity index is 1.58. The van der Waals surface area contributed by atoms with Crippen LogP contribution in [0.2, 0.25) is 0 Å². The van der Waals surface area contributed by atoms with E-state index in [4.69, 9.17) is 14.2 Å². The van der Waals surface area contributed by atoms with Crippen molar-refractivity contribution >= 4 is 40.9 Å². The highest BCUT2D eigenvalue weighted by Gasteiger charge is 2.38. The van der Waals surface area contributed by atoms with Gasteiger partial charge in [0, 0.05) is 42.6 Å². The molecule has 0 spiro atoms. The number of anilines is 2. The first-order valence-electron chi connectivity index (χ1n) is 12.3. The number of benzene rings is 3. The van der Waals surface area contributed by atoms with Crippen LogP contribution < -0.4 is 20.1 Å². The van der Waals surface area contributed by atoms with Crippen molar-refractivity contribution in [3.05, 3.63) is 88.7 Å². The number of ether oxygens (including phenoxy) is 3. The number of hydrogen-bond donors (Lipinski definition) is 2. The molecular formula is C29H28FN3O6S. The Morgan fingerprint density at radius 2 is 1.70 bits per heavy atom. The number of thioether (sulfide) groups is 1.